The fourth-order valence-corrected chi connectivity index (χ4v) is 2.48. The van der Waals surface area contributed by atoms with Gasteiger partial charge < -0.3 is 5.32 Å². The zero-order valence-corrected chi connectivity index (χ0v) is 10.7. The van der Waals surface area contributed by atoms with Crippen molar-refractivity contribution in [3.63, 3.8) is 0 Å². The molecular formula is C15H13F3N2. The maximum Gasteiger partial charge on any atom is 0.416 e. The maximum absolute atomic E-state index is 12.6. The standard InChI is InChI=1S/C15H13F3N2/c16-15(17,18)12-3-1-10(2-4-12)14-13-6-7-19-9-11(13)5-8-20-14/h1-5,8,19H,6-7,9H2. The van der Waals surface area contributed by atoms with Gasteiger partial charge in [0.2, 0.25) is 0 Å². The van der Waals surface area contributed by atoms with E-state index in [-0.39, 0.29) is 0 Å². The Morgan fingerprint density at radius 2 is 1.80 bits per heavy atom. The molecule has 0 saturated heterocycles. The molecule has 0 atom stereocenters. The molecule has 0 fully saturated rings. The summed E-state index contributed by atoms with van der Waals surface area (Å²) in [6.45, 7) is 1.65. The molecule has 0 aliphatic carbocycles. The van der Waals surface area contributed by atoms with Crippen molar-refractivity contribution in [2.24, 2.45) is 0 Å². The maximum atomic E-state index is 12.6. The van der Waals surface area contributed by atoms with Crippen LogP contribution in [0.1, 0.15) is 16.7 Å². The molecule has 2 heterocycles. The summed E-state index contributed by atoms with van der Waals surface area (Å²) >= 11 is 0. The van der Waals surface area contributed by atoms with Crippen LogP contribution in [0.15, 0.2) is 36.5 Å². The zero-order valence-electron chi connectivity index (χ0n) is 10.7. The number of halogens is 3. The van der Waals surface area contributed by atoms with E-state index in [9.17, 15) is 13.2 Å². The molecule has 1 aromatic heterocycles. The highest BCUT2D eigenvalue weighted by Crippen LogP contribution is 2.32. The second-order valence-electron chi connectivity index (χ2n) is 4.80. The number of hydrogen-bond donors (Lipinski definition) is 1. The average molecular weight is 278 g/mol. The number of nitrogens with one attached hydrogen (secondary N) is 1. The van der Waals surface area contributed by atoms with Crippen LogP contribution in [-0.2, 0) is 19.1 Å². The summed E-state index contributed by atoms with van der Waals surface area (Å²) in [5.41, 5.74) is 3.19. The smallest absolute Gasteiger partial charge is 0.312 e. The van der Waals surface area contributed by atoms with Crippen LogP contribution in [0.5, 0.6) is 0 Å². The Labute approximate surface area is 114 Å². The van der Waals surface area contributed by atoms with Crippen LogP contribution in [0, 0.1) is 0 Å². The van der Waals surface area contributed by atoms with Gasteiger partial charge in [0.05, 0.1) is 11.3 Å². The number of nitrogens with zero attached hydrogens (tertiary/aromatic N) is 1. The normalized spacial score (nSPS) is 14.9. The van der Waals surface area contributed by atoms with Gasteiger partial charge in [0.15, 0.2) is 0 Å². The molecular weight excluding hydrogens is 265 g/mol. The Morgan fingerprint density at radius 1 is 1.05 bits per heavy atom. The minimum Gasteiger partial charge on any atom is -0.312 e. The Bertz CT molecular complexity index is 618. The lowest BCUT2D eigenvalue weighted by molar-refractivity contribution is -0.137. The number of rotatable bonds is 1. The van der Waals surface area contributed by atoms with Crippen LogP contribution in [0.4, 0.5) is 13.2 Å². The van der Waals surface area contributed by atoms with Crippen LogP contribution >= 0.6 is 0 Å². The van der Waals surface area contributed by atoms with Gasteiger partial charge in [-0.3, -0.25) is 4.98 Å². The Hall–Kier alpha value is -1.88. The van der Waals surface area contributed by atoms with E-state index in [0.717, 1.165) is 48.5 Å². The zero-order chi connectivity index (χ0) is 14.2. The van der Waals surface area contributed by atoms with E-state index in [1.54, 1.807) is 6.20 Å². The van der Waals surface area contributed by atoms with Crippen LogP contribution in [0.2, 0.25) is 0 Å². The van der Waals surface area contributed by atoms with Gasteiger partial charge in [0.1, 0.15) is 0 Å². The monoisotopic (exact) mass is 278 g/mol. The van der Waals surface area contributed by atoms with Crippen LogP contribution in [0.3, 0.4) is 0 Å². The highest BCUT2D eigenvalue weighted by Gasteiger charge is 2.30. The summed E-state index contributed by atoms with van der Waals surface area (Å²) in [6, 6.07) is 7.16. The quantitative estimate of drug-likeness (QED) is 0.864. The van der Waals surface area contributed by atoms with Gasteiger partial charge in [0.25, 0.3) is 0 Å². The molecule has 0 saturated carbocycles. The summed E-state index contributed by atoms with van der Waals surface area (Å²) in [5, 5.41) is 3.27. The van der Waals surface area contributed by atoms with Gasteiger partial charge in [-0.25, -0.2) is 0 Å². The van der Waals surface area contributed by atoms with Gasteiger partial charge >= 0.3 is 6.18 Å². The minimum absolute atomic E-state index is 0.632. The molecule has 3 rings (SSSR count). The van der Waals surface area contributed by atoms with Crippen molar-refractivity contribution in [2.75, 3.05) is 6.54 Å². The van der Waals surface area contributed by atoms with E-state index in [1.165, 1.54) is 17.7 Å². The second-order valence-corrected chi connectivity index (χ2v) is 4.80. The SMILES string of the molecule is FC(F)(F)c1ccc(-c2nccc3c2CCNC3)cc1. The van der Waals surface area contributed by atoms with Gasteiger partial charge in [-0.1, -0.05) is 12.1 Å². The molecule has 5 heteroatoms. The first-order valence-electron chi connectivity index (χ1n) is 6.41. The lowest BCUT2D eigenvalue weighted by Gasteiger charge is -2.19. The number of alkyl halides is 3. The molecule has 1 aromatic carbocycles. The van der Waals surface area contributed by atoms with Crippen molar-refractivity contribution in [1.29, 1.82) is 0 Å². The summed E-state index contributed by atoms with van der Waals surface area (Å²) in [7, 11) is 0. The number of pyridine rings is 1. The van der Waals surface area contributed by atoms with Gasteiger partial charge in [0, 0.05) is 18.3 Å². The summed E-state index contributed by atoms with van der Waals surface area (Å²) in [4.78, 5) is 4.35. The number of fused-ring (bicyclic) bond motifs is 1. The molecule has 1 aliphatic heterocycles. The van der Waals surface area contributed by atoms with Crippen LogP contribution in [0.25, 0.3) is 11.3 Å². The van der Waals surface area contributed by atoms with Crippen molar-refractivity contribution in [3.8, 4) is 11.3 Å². The summed E-state index contributed by atoms with van der Waals surface area (Å²) in [5.74, 6) is 0. The highest BCUT2D eigenvalue weighted by molar-refractivity contribution is 5.65. The van der Waals surface area contributed by atoms with Crippen LogP contribution < -0.4 is 5.32 Å². The fourth-order valence-electron chi connectivity index (χ4n) is 2.48. The van der Waals surface area contributed by atoms with Crippen molar-refractivity contribution in [2.45, 2.75) is 19.1 Å². The lowest BCUT2D eigenvalue weighted by atomic mass is 9.95. The predicted octanol–water partition coefficient (Wildman–Crippen LogP) is 3.41. The fraction of sp³-hybridized carbons (Fsp3) is 0.267. The summed E-state index contributed by atoms with van der Waals surface area (Å²) < 4.78 is 37.7. The van der Waals surface area contributed by atoms with E-state index < -0.39 is 11.7 Å². The van der Waals surface area contributed by atoms with Gasteiger partial charge in [-0.15, -0.1) is 0 Å². The largest absolute Gasteiger partial charge is 0.416 e. The van der Waals surface area contributed by atoms with E-state index in [4.69, 9.17) is 0 Å². The first kappa shape index (κ1) is 13.1. The summed E-state index contributed by atoms with van der Waals surface area (Å²) in [6.07, 6.45) is -1.75. The molecule has 1 aliphatic rings. The Balaban J connectivity index is 2.01. The molecule has 0 unspecified atom stereocenters. The highest BCUT2D eigenvalue weighted by atomic mass is 19.4. The topological polar surface area (TPSA) is 24.9 Å². The van der Waals surface area contributed by atoms with Crippen LogP contribution in [-0.4, -0.2) is 11.5 Å². The molecule has 0 spiro atoms. The van der Waals surface area contributed by atoms with Gasteiger partial charge in [-0.2, -0.15) is 13.2 Å². The molecule has 2 nitrogen and oxygen atoms in total. The van der Waals surface area contributed by atoms with Crippen molar-refractivity contribution >= 4 is 0 Å². The van der Waals surface area contributed by atoms with Gasteiger partial charge in [-0.05, 0) is 42.3 Å². The van der Waals surface area contributed by atoms with E-state index >= 15 is 0 Å². The molecule has 2 aromatic rings. The number of aromatic nitrogens is 1. The molecule has 0 bridgehead atoms. The lowest BCUT2D eigenvalue weighted by Crippen LogP contribution is -2.24. The average Bonchev–Trinajstić information content (AvgIpc) is 2.46. The molecule has 1 N–H and O–H groups in total. The number of hydrogen-bond acceptors (Lipinski definition) is 2. The van der Waals surface area contributed by atoms with Crippen molar-refractivity contribution in [3.05, 3.63) is 53.2 Å². The molecule has 0 amide bonds. The van der Waals surface area contributed by atoms with Crippen molar-refractivity contribution < 1.29 is 13.2 Å². The van der Waals surface area contributed by atoms with E-state index in [1.807, 2.05) is 6.07 Å². The molecule has 0 radical (unpaired) electrons. The predicted molar refractivity (Wildman–Crippen MR) is 70.1 cm³/mol. The second kappa shape index (κ2) is 4.90. The number of benzene rings is 1. The van der Waals surface area contributed by atoms with E-state index in [2.05, 4.69) is 10.3 Å². The third-order valence-corrected chi connectivity index (χ3v) is 3.51. The third kappa shape index (κ3) is 2.41. The first-order valence-corrected chi connectivity index (χ1v) is 6.41. The Morgan fingerprint density at radius 3 is 2.50 bits per heavy atom. The van der Waals surface area contributed by atoms with E-state index in [0.29, 0.717) is 0 Å². The molecule has 104 valence electrons. The molecule has 20 heavy (non-hydrogen) atoms. The Kier molecular flexibility index (Phi) is 3.22. The van der Waals surface area contributed by atoms with Crippen molar-refractivity contribution in [1.82, 2.24) is 10.3 Å². The first-order chi connectivity index (χ1) is 9.55. The minimum atomic E-state index is -4.30. The third-order valence-electron chi connectivity index (χ3n) is 3.51.